The predicted molar refractivity (Wildman–Crippen MR) is 17.7 cm³/mol. The van der Waals surface area contributed by atoms with Gasteiger partial charge < -0.3 is 0 Å². The molecule has 0 N–H and O–H groups in total. The zero-order valence-corrected chi connectivity index (χ0v) is 3.34. The van der Waals surface area contributed by atoms with E-state index in [1.165, 1.54) is 0 Å². The Morgan fingerprint density at radius 3 is 1.50 bits per heavy atom. The number of hydrogen-bond acceptors (Lipinski definition) is 1. The van der Waals surface area contributed by atoms with Gasteiger partial charge in [0.15, 0.2) is 0 Å². The molecule has 5 heteroatoms. The molecule has 0 spiro atoms. The zero-order valence-electron chi connectivity index (χ0n) is 2.53. The topological polar surface area (TPSA) is 17.1 Å². The number of hydrogen-bond donors (Lipinski definition) is 0. The molecule has 0 atom stereocenters. The molecule has 0 bridgehead atoms. The van der Waals surface area contributed by atoms with Gasteiger partial charge in [0.25, 0.3) is 11.2 Å². The highest BCUT2D eigenvalue weighted by molar-refractivity contribution is 8.32. The molecule has 0 aliphatic heterocycles. The minimum absolute atomic E-state index is 0.979. The number of rotatable bonds is 1. The van der Waals surface area contributed by atoms with E-state index < -0.39 is 16.8 Å². The van der Waals surface area contributed by atoms with Gasteiger partial charge in [0.05, 0.1) is 0 Å². The molecular formula is CHF3OS. The average Bonchev–Trinajstić information content (AvgIpc) is 1.35. The van der Waals surface area contributed by atoms with Gasteiger partial charge in [-0.2, -0.15) is 0 Å². The molecule has 0 aromatic carbocycles. The third kappa shape index (κ3) is 3.81. The lowest BCUT2D eigenvalue weighted by molar-refractivity contribution is 0.555. The summed E-state index contributed by atoms with van der Waals surface area (Å²) < 4.78 is 31.5. The highest BCUT2D eigenvalue weighted by Gasteiger charge is 2.17. The van der Waals surface area contributed by atoms with E-state index in [1.807, 2.05) is 0 Å². The lowest BCUT2D eigenvalue weighted by Crippen LogP contribution is -1.69. The van der Waals surface area contributed by atoms with Crippen molar-refractivity contribution in [3.8, 4) is 0 Å². The summed E-state index contributed by atoms with van der Waals surface area (Å²) in [7, 11) is 0. The molecule has 0 amide bonds. The van der Waals surface area contributed by atoms with E-state index >= 15 is 0 Å². The second kappa shape index (κ2) is 1.51. The molecule has 0 aromatic heterocycles. The van der Waals surface area contributed by atoms with Crippen molar-refractivity contribution in [1.29, 1.82) is 0 Å². The van der Waals surface area contributed by atoms with Crippen LogP contribution in [0.15, 0.2) is 0 Å². The Kier molecular flexibility index (Phi) is 1.46. The Morgan fingerprint density at radius 1 is 1.33 bits per heavy atom. The maximum absolute atomic E-state index is 10.5. The normalized spacial score (nSPS) is 13.8. The van der Waals surface area contributed by atoms with Crippen LogP contribution in [0.1, 0.15) is 0 Å². The van der Waals surface area contributed by atoms with Crippen LogP contribution < -0.4 is 0 Å². The van der Waals surface area contributed by atoms with Crippen molar-refractivity contribution in [2.75, 3.05) is 0 Å². The maximum Gasteiger partial charge on any atom is 0.268 e. The van der Waals surface area contributed by atoms with Crippen molar-refractivity contribution in [2.45, 2.75) is 0 Å². The number of halogens is 3. The first-order chi connectivity index (χ1) is 2.56. The fourth-order valence-electron chi connectivity index (χ4n) is 0. The van der Waals surface area contributed by atoms with Gasteiger partial charge in [0, 0.05) is 0 Å². The predicted octanol–water partition coefficient (Wildman–Crippen LogP) is 1.63. The summed E-state index contributed by atoms with van der Waals surface area (Å²) in [5, 5.41) is 0. The van der Waals surface area contributed by atoms with Gasteiger partial charge in [0.1, 0.15) is 0 Å². The lowest BCUT2D eigenvalue weighted by Gasteiger charge is -1.92. The lowest BCUT2D eigenvalue weighted by atomic mass is 11.8. The molecule has 0 aromatic rings. The Hall–Kier alpha value is -0.190. The molecule has 38 valence electrons. The maximum atomic E-state index is 10.5. The second-order valence-electron chi connectivity index (χ2n) is 0.538. The van der Waals surface area contributed by atoms with Crippen molar-refractivity contribution in [3.05, 3.63) is 0 Å². The number of carbonyl (C=O) groups excluding carboxylic acids is 1. The van der Waals surface area contributed by atoms with Gasteiger partial charge in [-0.05, 0) is 0 Å². The largest absolute Gasteiger partial charge is 0.285 e. The van der Waals surface area contributed by atoms with Crippen molar-refractivity contribution in [1.82, 2.24) is 0 Å². The van der Waals surface area contributed by atoms with Crippen LogP contribution in [0, 0.1) is 0 Å². The van der Waals surface area contributed by atoms with E-state index in [-0.39, 0.29) is 0 Å². The molecule has 0 fully saturated rings. The highest BCUT2D eigenvalue weighted by Crippen LogP contribution is 2.49. The fourth-order valence-corrected chi connectivity index (χ4v) is 0. The van der Waals surface area contributed by atoms with Crippen LogP contribution in [-0.2, 0) is 4.79 Å². The summed E-state index contributed by atoms with van der Waals surface area (Å²) in [5.41, 5.74) is -0.979. The summed E-state index contributed by atoms with van der Waals surface area (Å²) >= 11 is -5.34. The summed E-state index contributed by atoms with van der Waals surface area (Å²) in [4.78, 5) is 8.74. The molecular weight excluding hydrogens is 117 g/mol. The van der Waals surface area contributed by atoms with Crippen LogP contribution in [0.2, 0.25) is 0 Å². The van der Waals surface area contributed by atoms with Gasteiger partial charge in [-0.3, -0.25) is 4.79 Å². The molecule has 0 radical (unpaired) electrons. The van der Waals surface area contributed by atoms with Crippen LogP contribution >= 0.6 is 11.2 Å². The molecule has 0 rings (SSSR count). The monoisotopic (exact) mass is 118 g/mol. The van der Waals surface area contributed by atoms with Gasteiger partial charge >= 0.3 is 0 Å². The smallest absolute Gasteiger partial charge is 0.268 e. The van der Waals surface area contributed by atoms with Crippen LogP contribution in [0.5, 0.6) is 0 Å². The summed E-state index contributed by atoms with van der Waals surface area (Å²) in [5.74, 6) is 0. The number of carbonyl (C=O) groups is 1. The zero-order chi connectivity index (χ0) is 5.21. The molecule has 6 heavy (non-hydrogen) atoms. The molecule has 1 nitrogen and oxygen atoms in total. The standard InChI is InChI=1S/CHF3OS/c2-6(3,4)1-5/h1H. The minimum atomic E-state index is -5.34. The molecule has 0 aliphatic carbocycles. The third-order valence-electron chi connectivity index (χ3n) is 0.109. The minimum Gasteiger partial charge on any atom is -0.285 e. The van der Waals surface area contributed by atoms with Crippen molar-refractivity contribution in [3.63, 3.8) is 0 Å². The fraction of sp³-hybridized carbons (Fsp3) is 0. The summed E-state index contributed by atoms with van der Waals surface area (Å²) in [6.45, 7) is 0. The Balaban J connectivity index is 3.45. The van der Waals surface area contributed by atoms with Crippen LogP contribution in [0.3, 0.4) is 0 Å². The summed E-state index contributed by atoms with van der Waals surface area (Å²) in [6.07, 6.45) is 0. The summed E-state index contributed by atoms with van der Waals surface area (Å²) in [6, 6.07) is 0. The molecule has 0 saturated heterocycles. The van der Waals surface area contributed by atoms with Gasteiger partial charge in [-0.1, -0.05) is 0 Å². The second-order valence-corrected chi connectivity index (χ2v) is 1.62. The quantitative estimate of drug-likeness (QED) is 0.478. The van der Waals surface area contributed by atoms with Crippen LogP contribution in [-0.4, -0.2) is 5.62 Å². The van der Waals surface area contributed by atoms with Crippen molar-refractivity contribution < 1.29 is 16.5 Å². The van der Waals surface area contributed by atoms with Crippen LogP contribution in [0.25, 0.3) is 0 Å². The first-order valence-electron chi connectivity index (χ1n) is 0.934. The van der Waals surface area contributed by atoms with E-state index in [2.05, 4.69) is 0 Å². The Bertz CT molecular complexity index is 56.3. The van der Waals surface area contributed by atoms with E-state index in [4.69, 9.17) is 4.79 Å². The molecule has 0 aliphatic rings. The van der Waals surface area contributed by atoms with E-state index in [0.717, 1.165) is 0 Å². The van der Waals surface area contributed by atoms with Crippen molar-refractivity contribution >= 4 is 16.8 Å². The molecule has 0 saturated carbocycles. The average molecular weight is 118 g/mol. The third-order valence-corrected chi connectivity index (χ3v) is 0.327. The Labute approximate surface area is 34.3 Å². The van der Waals surface area contributed by atoms with E-state index in [9.17, 15) is 11.7 Å². The van der Waals surface area contributed by atoms with Gasteiger partial charge in [-0.15, -0.1) is 11.7 Å². The van der Waals surface area contributed by atoms with Gasteiger partial charge in [-0.25, -0.2) is 0 Å². The first-order valence-corrected chi connectivity index (χ1v) is 2.33. The van der Waals surface area contributed by atoms with E-state index in [0.29, 0.717) is 0 Å². The first kappa shape index (κ1) is 5.81. The highest BCUT2D eigenvalue weighted by atomic mass is 32.3. The van der Waals surface area contributed by atoms with E-state index in [1.54, 1.807) is 0 Å². The van der Waals surface area contributed by atoms with Crippen LogP contribution in [0.4, 0.5) is 11.7 Å². The molecule has 0 unspecified atom stereocenters. The molecule has 0 heterocycles. The van der Waals surface area contributed by atoms with Crippen molar-refractivity contribution in [2.24, 2.45) is 0 Å². The SMILES string of the molecule is O=CS(F)(F)F. The van der Waals surface area contributed by atoms with Gasteiger partial charge in [0.2, 0.25) is 5.62 Å². The Morgan fingerprint density at radius 2 is 1.50 bits per heavy atom.